The smallest absolute Gasteiger partial charge is 0.310 e. The van der Waals surface area contributed by atoms with Crippen molar-refractivity contribution in [3.63, 3.8) is 0 Å². The summed E-state index contributed by atoms with van der Waals surface area (Å²) in [7, 11) is 2.69. The monoisotopic (exact) mass is 666 g/mol. The number of fused-ring (bicyclic) bond motifs is 8. The number of H-pyrrole nitrogens is 2. The van der Waals surface area contributed by atoms with Crippen LogP contribution in [0.3, 0.4) is 0 Å². The Hall–Kier alpha value is -5.03. The third-order valence-electron chi connectivity index (χ3n) is 9.83. The molecule has 8 bridgehead atoms. The molecule has 3 aromatic heterocycles. The SMILES string of the molecule is C=Cc1c(C)c2cc3nc(c(CC(=O)OC)c4nc(cc5[nH]c(cc1[nH]2)c(C)c5CC)C(C)=C4C(=O)NCCN)[C@@H](CCC(=O)OC)[C@@H]3C. The van der Waals surface area contributed by atoms with E-state index < -0.39 is 5.97 Å². The van der Waals surface area contributed by atoms with Crippen LogP contribution in [-0.4, -0.2) is 65.1 Å². The first kappa shape index (κ1) is 35.3. The molecule has 0 aromatic carbocycles. The number of methoxy groups -OCH3 is 2. The van der Waals surface area contributed by atoms with E-state index in [0.717, 1.165) is 56.4 Å². The molecule has 0 saturated heterocycles. The van der Waals surface area contributed by atoms with Crippen molar-refractivity contribution < 1.29 is 23.9 Å². The molecule has 49 heavy (non-hydrogen) atoms. The minimum absolute atomic E-state index is 0.148. The molecule has 3 aromatic rings. The summed E-state index contributed by atoms with van der Waals surface area (Å²) >= 11 is 0. The van der Waals surface area contributed by atoms with Crippen molar-refractivity contribution in [2.24, 2.45) is 5.73 Å². The Morgan fingerprint density at radius 1 is 0.959 bits per heavy atom. The van der Waals surface area contributed by atoms with Crippen LogP contribution in [0, 0.1) is 13.8 Å². The van der Waals surface area contributed by atoms with Gasteiger partial charge in [0, 0.05) is 70.2 Å². The molecule has 2 atom stereocenters. The Labute approximate surface area is 286 Å². The first-order chi connectivity index (χ1) is 23.5. The standard InChI is InChI=1S/C38H46N6O5/c1-9-23-19(3)27-16-29-21(5)25(11-12-33(45)48-7)36(43-29)26(15-34(46)49-8)37-35(38(47)40-14-13-39)22(6)30(44-37)18-32-24(10-2)20(4)28(42-32)17-31(23)41-27/h9,16-18,21,25,41-42H,1,10-15,39H2,2-8H3,(H,40,47)/t21-,25-/m0/s1. The lowest BCUT2D eigenvalue weighted by molar-refractivity contribution is -0.141. The largest absolute Gasteiger partial charge is 0.469 e. The number of aryl methyl sites for hydroxylation is 3. The number of nitrogens with two attached hydrogens (primary N) is 1. The number of allylic oxidation sites excluding steroid dienone is 1. The van der Waals surface area contributed by atoms with E-state index in [-0.39, 0.29) is 49.6 Å². The van der Waals surface area contributed by atoms with Crippen molar-refractivity contribution in [2.45, 2.75) is 72.1 Å². The molecule has 11 nitrogen and oxygen atoms in total. The number of nitrogens with zero attached hydrogens (tertiary/aromatic N) is 2. The first-order valence-corrected chi connectivity index (χ1v) is 16.7. The summed E-state index contributed by atoms with van der Waals surface area (Å²) in [4.78, 5) is 56.8. The van der Waals surface area contributed by atoms with Gasteiger partial charge in [-0.3, -0.25) is 19.4 Å². The number of amides is 1. The van der Waals surface area contributed by atoms with Crippen molar-refractivity contribution >= 4 is 57.1 Å². The lowest BCUT2D eigenvalue weighted by Gasteiger charge is -2.18. The van der Waals surface area contributed by atoms with Crippen molar-refractivity contribution in [2.75, 3.05) is 27.3 Å². The van der Waals surface area contributed by atoms with Crippen LogP contribution in [0.25, 0.3) is 39.3 Å². The van der Waals surface area contributed by atoms with Crippen molar-refractivity contribution in [3.05, 3.63) is 75.4 Å². The predicted octanol–water partition coefficient (Wildman–Crippen LogP) is 5.70. The summed E-state index contributed by atoms with van der Waals surface area (Å²) in [6.07, 6.45) is 3.00. The summed E-state index contributed by atoms with van der Waals surface area (Å²) < 4.78 is 10.2. The van der Waals surface area contributed by atoms with Crippen molar-refractivity contribution in [3.8, 4) is 0 Å². The fraction of sp³-hybridized carbons (Fsp3) is 0.395. The molecule has 0 unspecified atom stereocenters. The highest BCUT2D eigenvalue weighted by atomic mass is 16.5. The highest BCUT2D eigenvalue weighted by Crippen LogP contribution is 2.44. The van der Waals surface area contributed by atoms with Crippen LogP contribution in [0.4, 0.5) is 0 Å². The highest BCUT2D eigenvalue weighted by molar-refractivity contribution is 6.27. The number of aromatic nitrogens is 4. The van der Waals surface area contributed by atoms with Gasteiger partial charge in [-0.2, -0.15) is 0 Å². The molecule has 2 aliphatic rings. The second-order valence-electron chi connectivity index (χ2n) is 12.6. The molecule has 0 fully saturated rings. The van der Waals surface area contributed by atoms with E-state index in [0.29, 0.717) is 40.2 Å². The van der Waals surface area contributed by atoms with Gasteiger partial charge in [-0.05, 0) is 74.1 Å². The van der Waals surface area contributed by atoms with Gasteiger partial charge in [-0.25, -0.2) is 4.98 Å². The fourth-order valence-electron chi connectivity index (χ4n) is 6.98. The van der Waals surface area contributed by atoms with Crippen LogP contribution >= 0.6 is 0 Å². The zero-order valence-corrected chi connectivity index (χ0v) is 29.4. The number of ether oxygens (including phenoxy) is 2. The Bertz CT molecular complexity index is 2040. The van der Waals surface area contributed by atoms with Gasteiger partial charge in [-0.1, -0.05) is 26.5 Å². The molecule has 5 heterocycles. The number of hydrogen-bond acceptors (Lipinski definition) is 8. The summed E-state index contributed by atoms with van der Waals surface area (Å²) in [6.45, 7) is 14.8. The van der Waals surface area contributed by atoms with Crippen LogP contribution in [-0.2, 0) is 36.7 Å². The van der Waals surface area contributed by atoms with Gasteiger partial charge in [-0.15, -0.1) is 0 Å². The normalized spacial score (nSPS) is 15.7. The van der Waals surface area contributed by atoms with Gasteiger partial charge < -0.3 is 30.5 Å². The van der Waals surface area contributed by atoms with Crippen LogP contribution in [0.2, 0.25) is 0 Å². The van der Waals surface area contributed by atoms with E-state index in [1.807, 2.05) is 32.1 Å². The summed E-state index contributed by atoms with van der Waals surface area (Å²) in [5.41, 5.74) is 17.4. The van der Waals surface area contributed by atoms with Gasteiger partial charge in [0.15, 0.2) is 0 Å². The summed E-state index contributed by atoms with van der Waals surface area (Å²) in [5.74, 6) is -1.64. The number of carbonyl (C=O) groups is 3. The molecule has 11 heteroatoms. The van der Waals surface area contributed by atoms with Crippen molar-refractivity contribution in [1.82, 2.24) is 25.3 Å². The van der Waals surface area contributed by atoms with Gasteiger partial charge in [0.05, 0.1) is 43.3 Å². The van der Waals surface area contributed by atoms with Crippen LogP contribution < -0.4 is 11.1 Å². The van der Waals surface area contributed by atoms with E-state index >= 15 is 0 Å². The third kappa shape index (κ3) is 6.67. The number of aromatic amines is 2. The van der Waals surface area contributed by atoms with E-state index in [1.54, 1.807) is 0 Å². The van der Waals surface area contributed by atoms with Gasteiger partial charge >= 0.3 is 11.9 Å². The molecule has 5 N–H and O–H groups in total. The summed E-state index contributed by atoms with van der Waals surface area (Å²) in [5, 5.41) is 2.90. The maximum Gasteiger partial charge on any atom is 0.310 e. The lowest BCUT2D eigenvalue weighted by Crippen LogP contribution is -2.30. The van der Waals surface area contributed by atoms with Gasteiger partial charge in [0.2, 0.25) is 0 Å². The third-order valence-corrected chi connectivity index (χ3v) is 9.83. The van der Waals surface area contributed by atoms with E-state index in [9.17, 15) is 14.4 Å². The minimum Gasteiger partial charge on any atom is -0.469 e. The molecule has 0 radical (unpaired) electrons. The molecular formula is C38H46N6O5. The number of carbonyl (C=O) groups excluding carboxylic acids is 3. The Balaban J connectivity index is 2.00. The van der Waals surface area contributed by atoms with Crippen LogP contribution in [0.15, 0.2) is 24.8 Å². The second-order valence-corrected chi connectivity index (χ2v) is 12.6. The zero-order valence-electron chi connectivity index (χ0n) is 29.4. The van der Waals surface area contributed by atoms with E-state index in [4.69, 9.17) is 25.2 Å². The van der Waals surface area contributed by atoms with E-state index in [1.165, 1.54) is 14.2 Å². The maximum absolute atomic E-state index is 13.9. The van der Waals surface area contributed by atoms with Gasteiger partial charge in [0.25, 0.3) is 5.91 Å². The molecule has 0 spiro atoms. The topological polar surface area (TPSA) is 165 Å². The second kappa shape index (κ2) is 14.6. The molecule has 1 amide bonds. The minimum atomic E-state index is -0.502. The Kier molecular flexibility index (Phi) is 10.5. The number of esters is 2. The molecule has 258 valence electrons. The summed E-state index contributed by atoms with van der Waals surface area (Å²) in [6, 6.07) is 6.08. The van der Waals surface area contributed by atoms with E-state index in [2.05, 4.69) is 48.7 Å². The molecule has 0 aliphatic carbocycles. The number of rotatable bonds is 10. The predicted molar refractivity (Wildman–Crippen MR) is 193 cm³/mol. The zero-order chi connectivity index (χ0) is 35.6. The lowest BCUT2D eigenvalue weighted by atomic mass is 9.84. The molecule has 0 saturated carbocycles. The molecule has 5 rings (SSSR count). The molecule has 2 aliphatic heterocycles. The highest BCUT2D eigenvalue weighted by Gasteiger charge is 2.35. The van der Waals surface area contributed by atoms with Gasteiger partial charge in [0.1, 0.15) is 0 Å². The number of nitrogens with one attached hydrogen (secondary N) is 3. The Morgan fingerprint density at radius 2 is 1.65 bits per heavy atom. The Morgan fingerprint density at radius 3 is 2.31 bits per heavy atom. The molecular weight excluding hydrogens is 620 g/mol. The average Bonchev–Trinajstić information content (AvgIpc) is 3.77. The van der Waals surface area contributed by atoms with Crippen LogP contribution in [0.5, 0.6) is 0 Å². The maximum atomic E-state index is 13.9. The number of hydrogen-bond donors (Lipinski definition) is 4. The van der Waals surface area contributed by atoms with Crippen molar-refractivity contribution in [1.29, 1.82) is 0 Å². The quantitative estimate of drug-likeness (QED) is 0.200. The fourth-order valence-corrected chi connectivity index (χ4v) is 6.98. The first-order valence-electron chi connectivity index (χ1n) is 16.7. The van der Waals surface area contributed by atoms with Crippen LogP contribution in [0.1, 0.15) is 96.0 Å². The average molecular weight is 667 g/mol.